The lowest BCUT2D eigenvalue weighted by molar-refractivity contribution is 0.302. The summed E-state index contributed by atoms with van der Waals surface area (Å²) in [5.74, 6) is 1.13. The molecule has 19 heavy (non-hydrogen) atoms. The van der Waals surface area contributed by atoms with Crippen molar-refractivity contribution in [3.8, 4) is 11.5 Å². The molecule has 3 aromatic rings. The fourth-order valence-electron chi connectivity index (χ4n) is 2.07. The van der Waals surface area contributed by atoms with Gasteiger partial charge in [0, 0.05) is 10.9 Å². The quantitative estimate of drug-likeness (QED) is 0.746. The summed E-state index contributed by atoms with van der Waals surface area (Å²) in [5.41, 5.74) is 3.07. The average molecular weight is 253 g/mol. The molecule has 96 valence electrons. The summed E-state index contributed by atoms with van der Waals surface area (Å²) in [6.45, 7) is 2.50. The lowest BCUT2D eigenvalue weighted by atomic mass is 10.2. The van der Waals surface area contributed by atoms with Crippen molar-refractivity contribution >= 4 is 10.9 Å². The first kappa shape index (κ1) is 11.7. The van der Waals surface area contributed by atoms with Gasteiger partial charge in [0.05, 0.1) is 5.69 Å². The minimum Gasteiger partial charge on any atom is -0.507 e. The molecule has 3 heteroatoms. The van der Waals surface area contributed by atoms with Crippen LogP contribution in [0.4, 0.5) is 0 Å². The molecule has 0 spiro atoms. The van der Waals surface area contributed by atoms with Gasteiger partial charge in [-0.15, -0.1) is 0 Å². The van der Waals surface area contributed by atoms with Gasteiger partial charge in [-0.1, -0.05) is 23.8 Å². The molecule has 0 saturated carbocycles. The van der Waals surface area contributed by atoms with Crippen LogP contribution in [0.15, 0.2) is 48.5 Å². The highest BCUT2D eigenvalue weighted by molar-refractivity contribution is 5.86. The van der Waals surface area contributed by atoms with Crippen LogP contribution in [0.5, 0.6) is 11.5 Å². The smallest absolute Gasteiger partial charge is 0.128 e. The Hall–Kier alpha value is -2.42. The SMILES string of the molecule is Cc1ccc(OCc2cc3c(O)cccc3[nH]2)cc1. The normalized spacial score (nSPS) is 10.8. The van der Waals surface area contributed by atoms with Gasteiger partial charge in [-0.05, 0) is 37.3 Å². The zero-order chi connectivity index (χ0) is 13.2. The minimum absolute atomic E-state index is 0.287. The summed E-state index contributed by atoms with van der Waals surface area (Å²) in [4.78, 5) is 3.23. The van der Waals surface area contributed by atoms with Gasteiger partial charge < -0.3 is 14.8 Å². The van der Waals surface area contributed by atoms with Crippen LogP contribution in [-0.4, -0.2) is 10.1 Å². The van der Waals surface area contributed by atoms with E-state index in [0.29, 0.717) is 6.61 Å². The number of hydrogen-bond donors (Lipinski definition) is 2. The molecule has 0 unspecified atom stereocenters. The van der Waals surface area contributed by atoms with Gasteiger partial charge in [0.15, 0.2) is 0 Å². The Kier molecular flexibility index (Phi) is 2.88. The van der Waals surface area contributed by atoms with E-state index in [-0.39, 0.29) is 5.75 Å². The number of aromatic hydroxyl groups is 1. The summed E-state index contributed by atoms with van der Waals surface area (Å²) in [6, 6.07) is 15.3. The van der Waals surface area contributed by atoms with Crippen LogP contribution in [0.25, 0.3) is 10.9 Å². The summed E-state index contributed by atoms with van der Waals surface area (Å²) in [5, 5.41) is 10.6. The summed E-state index contributed by atoms with van der Waals surface area (Å²) in [6.07, 6.45) is 0. The van der Waals surface area contributed by atoms with Crippen molar-refractivity contribution in [1.29, 1.82) is 0 Å². The standard InChI is InChI=1S/C16H15NO2/c1-11-5-7-13(8-6-11)19-10-12-9-14-15(17-12)3-2-4-16(14)18/h2-9,17-18H,10H2,1H3. The van der Waals surface area contributed by atoms with E-state index in [1.807, 2.05) is 49.4 Å². The second-order valence-electron chi connectivity index (χ2n) is 4.63. The summed E-state index contributed by atoms with van der Waals surface area (Å²) >= 11 is 0. The van der Waals surface area contributed by atoms with Gasteiger partial charge in [-0.25, -0.2) is 0 Å². The molecule has 0 saturated heterocycles. The van der Waals surface area contributed by atoms with Gasteiger partial charge in [-0.2, -0.15) is 0 Å². The second-order valence-corrected chi connectivity index (χ2v) is 4.63. The number of aromatic amines is 1. The molecule has 0 radical (unpaired) electrons. The summed E-state index contributed by atoms with van der Waals surface area (Å²) in [7, 11) is 0. The largest absolute Gasteiger partial charge is 0.507 e. The Morgan fingerprint density at radius 1 is 1.11 bits per heavy atom. The van der Waals surface area contributed by atoms with Crippen molar-refractivity contribution in [3.63, 3.8) is 0 Å². The van der Waals surface area contributed by atoms with Gasteiger partial charge in [0.2, 0.25) is 0 Å². The number of nitrogens with one attached hydrogen (secondary N) is 1. The molecule has 0 atom stereocenters. The maximum absolute atomic E-state index is 9.74. The third-order valence-electron chi connectivity index (χ3n) is 3.11. The van der Waals surface area contributed by atoms with Gasteiger partial charge in [0.1, 0.15) is 18.1 Å². The van der Waals surface area contributed by atoms with Crippen molar-refractivity contribution in [2.45, 2.75) is 13.5 Å². The lowest BCUT2D eigenvalue weighted by Crippen LogP contribution is -1.95. The fraction of sp³-hybridized carbons (Fsp3) is 0.125. The van der Waals surface area contributed by atoms with Crippen molar-refractivity contribution in [2.24, 2.45) is 0 Å². The third kappa shape index (κ3) is 2.40. The zero-order valence-corrected chi connectivity index (χ0v) is 10.7. The molecule has 0 aliphatic carbocycles. The van der Waals surface area contributed by atoms with Crippen LogP contribution in [0.1, 0.15) is 11.3 Å². The van der Waals surface area contributed by atoms with Crippen LogP contribution >= 0.6 is 0 Å². The molecular weight excluding hydrogens is 238 g/mol. The number of ether oxygens (including phenoxy) is 1. The van der Waals surface area contributed by atoms with Crippen LogP contribution in [0, 0.1) is 6.92 Å². The first-order chi connectivity index (χ1) is 9.22. The maximum Gasteiger partial charge on any atom is 0.128 e. The number of phenolic OH excluding ortho intramolecular Hbond substituents is 1. The number of aromatic nitrogens is 1. The topological polar surface area (TPSA) is 45.2 Å². The van der Waals surface area contributed by atoms with Crippen LogP contribution in [-0.2, 0) is 6.61 Å². The van der Waals surface area contributed by atoms with E-state index in [1.165, 1.54) is 5.56 Å². The van der Waals surface area contributed by atoms with E-state index in [1.54, 1.807) is 6.07 Å². The fourth-order valence-corrected chi connectivity index (χ4v) is 2.07. The highest BCUT2D eigenvalue weighted by Gasteiger charge is 2.04. The van der Waals surface area contributed by atoms with E-state index in [2.05, 4.69) is 4.98 Å². The highest BCUT2D eigenvalue weighted by atomic mass is 16.5. The molecule has 0 bridgehead atoms. The zero-order valence-electron chi connectivity index (χ0n) is 10.7. The Morgan fingerprint density at radius 2 is 1.89 bits per heavy atom. The molecule has 3 nitrogen and oxygen atoms in total. The van der Waals surface area contributed by atoms with Crippen molar-refractivity contribution in [3.05, 3.63) is 59.8 Å². The lowest BCUT2D eigenvalue weighted by Gasteiger charge is -2.04. The first-order valence-electron chi connectivity index (χ1n) is 6.21. The van der Waals surface area contributed by atoms with E-state index < -0.39 is 0 Å². The summed E-state index contributed by atoms with van der Waals surface area (Å²) < 4.78 is 5.70. The molecule has 0 fully saturated rings. The molecular formula is C16H15NO2. The Morgan fingerprint density at radius 3 is 2.63 bits per heavy atom. The maximum atomic E-state index is 9.74. The first-order valence-corrected chi connectivity index (χ1v) is 6.21. The molecule has 0 aliphatic rings. The monoisotopic (exact) mass is 253 g/mol. The van der Waals surface area contributed by atoms with E-state index in [4.69, 9.17) is 4.74 Å². The van der Waals surface area contributed by atoms with Gasteiger partial charge in [0.25, 0.3) is 0 Å². The molecule has 0 amide bonds. The Labute approximate surface area is 111 Å². The van der Waals surface area contributed by atoms with Gasteiger partial charge in [-0.3, -0.25) is 0 Å². The van der Waals surface area contributed by atoms with E-state index >= 15 is 0 Å². The van der Waals surface area contributed by atoms with Crippen molar-refractivity contribution < 1.29 is 9.84 Å². The second kappa shape index (κ2) is 4.69. The van der Waals surface area contributed by atoms with E-state index in [0.717, 1.165) is 22.3 Å². The Balaban J connectivity index is 1.78. The Bertz CT molecular complexity index is 698. The third-order valence-corrected chi connectivity index (χ3v) is 3.11. The van der Waals surface area contributed by atoms with E-state index in [9.17, 15) is 5.11 Å². The number of aryl methyl sites for hydroxylation is 1. The predicted octanol–water partition coefficient (Wildman–Crippen LogP) is 3.76. The molecule has 2 N–H and O–H groups in total. The number of fused-ring (bicyclic) bond motifs is 1. The van der Waals surface area contributed by atoms with Crippen LogP contribution in [0.2, 0.25) is 0 Å². The molecule has 3 rings (SSSR count). The van der Waals surface area contributed by atoms with Crippen LogP contribution < -0.4 is 4.74 Å². The van der Waals surface area contributed by atoms with Gasteiger partial charge >= 0.3 is 0 Å². The molecule has 1 aromatic heterocycles. The van der Waals surface area contributed by atoms with Crippen LogP contribution in [0.3, 0.4) is 0 Å². The molecule has 1 heterocycles. The predicted molar refractivity (Wildman–Crippen MR) is 75.5 cm³/mol. The molecule has 0 aliphatic heterocycles. The number of phenols is 1. The number of rotatable bonds is 3. The molecule has 2 aromatic carbocycles. The number of H-pyrrole nitrogens is 1. The highest BCUT2D eigenvalue weighted by Crippen LogP contribution is 2.25. The van der Waals surface area contributed by atoms with Crippen molar-refractivity contribution in [1.82, 2.24) is 4.98 Å². The number of benzene rings is 2. The average Bonchev–Trinajstić information content (AvgIpc) is 2.83. The number of hydrogen-bond acceptors (Lipinski definition) is 2. The minimum atomic E-state index is 0.287. The van der Waals surface area contributed by atoms with Crippen molar-refractivity contribution in [2.75, 3.05) is 0 Å².